The van der Waals surface area contributed by atoms with Crippen LogP contribution in [0.4, 0.5) is 4.39 Å². The number of halogens is 1. The zero-order valence-electron chi connectivity index (χ0n) is 18.3. The van der Waals surface area contributed by atoms with E-state index in [0.29, 0.717) is 46.1 Å². The van der Waals surface area contributed by atoms with Gasteiger partial charge in [0, 0.05) is 5.75 Å². The maximum absolute atomic E-state index is 14.6. The fourth-order valence-electron chi connectivity index (χ4n) is 3.10. The Balaban J connectivity index is 1.46. The summed E-state index contributed by atoms with van der Waals surface area (Å²) in [5, 5.41) is 17.9. The van der Waals surface area contributed by atoms with Crippen molar-refractivity contribution in [2.24, 2.45) is 0 Å². The quantitative estimate of drug-likeness (QED) is 0.234. The molecule has 4 aromatic rings. The Labute approximate surface area is 200 Å². The first-order chi connectivity index (χ1) is 16.7. The van der Waals surface area contributed by atoms with E-state index in [-0.39, 0.29) is 12.4 Å². The predicted octanol–water partition coefficient (Wildman–Crippen LogP) is 5.04. The van der Waals surface area contributed by atoms with Gasteiger partial charge in [-0.2, -0.15) is 5.26 Å². The molecule has 0 aliphatic heterocycles. The minimum absolute atomic E-state index is 0.107. The number of benzene rings is 3. The lowest BCUT2D eigenvalue weighted by Gasteiger charge is -2.12. The van der Waals surface area contributed by atoms with E-state index in [1.54, 1.807) is 78.4 Å². The topological polar surface area (TPSA) is 82.2 Å². The fourth-order valence-corrected chi connectivity index (χ4v) is 3.88. The minimum atomic E-state index is -0.385. The molecule has 0 saturated heterocycles. The van der Waals surface area contributed by atoms with E-state index in [2.05, 4.69) is 16.3 Å². The number of aromatic nitrogens is 3. The third-order valence-corrected chi connectivity index (χ3v) is 5.68. The lowest BCUT2D eigenvalue weighted by atomic mass is 10.2. The summed E-state index contributed by atoms with van der Waals surface area (Å²) in [6.07, 6.45) is 0. The highest BCUT2D eigenvalue weighted by Crippen LogP contribution is 2.25. The second-order valence-electron chi connectivity index (χ2n) is 6.98. The van der Waals surface area contributed by atoms with Gasteiger partial charge in [0.25, 0.3) is 0 Å². The standard InChI is InChI=1S/C25H21FN4O3S/c1-31-19-10-12-21(13-11-19)33-17-24-28-29-25(30(24)23-5-3-2-4-22(23)26)34-15-14-32-20-8-6-18(16-27)7-9-20/h2-13H,14-15,17H2,1H3. The highest BCUT2D eigenvalue weighted by atomic mass is 32.2. The lowest BCUT2D eigenvalue weighted by Crippen LogP contribution is -2.09. The van der Waals surface area contributed by atoms with Crippen molar-refractivity contribution in [2.45, 2.75) is 11.8 Å². The van der Waals surface area contributed by atoms with Gasteiger partial charge < -0.3 is 14.2 Å². The number of hydrogen-bond acceptors (Lipinski definition) is 7. The Bertz CT molecular complexity index is 1270. The van der Waals surface area contributed by atoms with Crippen LogP contribution in [0.3, 0.4) is 0 Å². The van der Waals surface area contributed by atoms with Crippen molar-refractivity contribution in [3.63, 3.8) is 0 Å². The molecule has 1 aromatic heterocycles. The number of nitrogens with zero attached hydrogens (tertiary/aromatic N) is 4. The van der Waals surface area contributed by atoms with Crippen molar-refractivity contribution in [1.82, 2.24) is 14.8 Å². The first kappa shape index (κ1) is 23.1. The number of ether oxygens (including phenoxy) is 3. The number of nitriles is 1. The summed E-state index contributed by atoms with van der Waals surface area (Å²) >= 11 is 1.40. The molecule has 0 unspecified atom stereocenters. The molecule has 0 fully saturated rings. The van der Waals surface area contributed by atoms with Crippen LogP contribution in [0.15, 0.2) is 78.0 Å². The summed E-state index contributed by atoms with van der Waals surface area (Å²) in [5.74, 6) is 2.67. The number of para-hydroxylation sites is 1. The zero-order valence-corrected chi connectivity index (χ0v) is 19.2. The van der Waals surface area contributed by atoms with E-state index >= 15 is 0 Å². The van der Waals surface area contributed by atoms with Crippen molar-refractivity contribution < 1.29 is 18.6 Å². The molecule has 0 spiro atoms. The van der Waals surface area contributed by atoms with E-state index in [0.717, 1.165) is 5.75 Å². The SMILES string of the molecule is COc1ccc(OCc2nnc(SCCOc3ccc(C#N)cc3)n2-c2ccccc2F)cc1. The Hall–Kier alpha value is -4.03. The van der Waals surface area contributed by atoms with Gasteiger partial charge in [0.1, 0.15) is 29.7 Å². The molecule has 172 valence electrons. The van der Waals surface area contributed by atoms with Crippen LogP contribution in [-0.2, 0) is 6.61 Å². The van der Waals surface area contributed by atoms with Gasteiger partial charge in [-0.15, -0.1) is 10.2 Å². The summed E-state index contributed by atoms with van der Waals surface area (Å²) in [7, 11) is 1.60. The summed E-state index contributed by atoms with van der Waals surface area (Å²) in [6, 6.07) is 22.6. The van der Waals surface area contributed by atoms with Gasteiger partial charge in [-0.25, -0.2) is 4.39 Å². The van der Waals surface area contributed by atoms with Crippen molar-refractivity contribution >= 4 is 11.8 Å². The Kier molecular flexibility index (Phi) is 7.63. The molecule has 7 nitrogen and oxygen atoms in total. The van der Waals surface area contributed by atoms with Crippen LogP contribution in [0.25, 0.3) is 5.69 Å². The average Bonchev–Trinajstić information content (AvgIpc) is 3.28. The molecule has 34 heavy (non-hydrogen) atoms. The number of rotatable bonds is 10. The Morgan fingerprint density at radius 3 is 2.29 bits per heavy atom. The fraction of sp³-hybridized carbons (Fsp3) is 0.160. The summed E-state index contributed by atoms with van der Waals surface area (Å²) in [5.41, 5.74) is 0.917. The molecule has 0 atom stereocenters. The molecule has 0 aliphatic carbocycles. The third-order valence-electron chi connectivity index (χ3n) is 4.79. The van der Waals surface area contributed by atoms with Crippen LogP contribution >= 0.6 is 11.8 Å². The normalized spacial score (nSPS) is 10.5. The molecular formula is C25H21FN4O3S. The molecule has 4 rings (SSSR count). The largest absolute Gasteiger partial charge is 0.497 e. The third kappa shape index (κ3) is 5.66. The van der Waals surface area contributed by atoms with Gasteiger partial charge in [0.2, 0.25) is 0 Å². The molecular weight excluding hydrogens is 455 g/mol. The molecule has 3 aromatic carbocycles. The van der Waals surface area contributed by atoms with Crippen molar-refractivity contribution in [1.29, 1.82) is 5.26 Å². The summed E-state index contributed by atoms with van der Waals surface area (Å²) < 4.78 is 33.0. The van der Waals surface area contributed by atoms with E-state index in [4.69, 9.17) is 19.5 Å². The Morgan fingerprint density at radius 1 is 0.912 bits per heavy atom. The smallest absolute Gasteiger partial charge is 0.196 e. The van der Waals surface area contributed by atoms with Gasteiger partial charge in [-0.05, 0) is 60.7 Å². The van der Waals surface area contributed by atoms with E-state index in [9.17, 15) is 4.39 Å². The predicted molar refractivity (Wildman–Crippen MR) is 126 cm³/mol. The van der Waals surface area contributed by atoms with Crippen molar-refractivity contribution in [3.8, 4) is 29.0 Å². The summed E-state index contributed by atoms with van der Waals surface area (Å²) in [4.78, 5) is 0. The van der Waals surface area contributed by atoms with Crippen LogP contribution < -0.4 is 14.2 Å². The van der Waals surface area contributed by atoms with Crippen molar-refractivity contribution in [3.05, 3.63) is 90.0 Å². The van der Waals surface area contributed by atoms with Crippen LogP contribution in [0, 0.1) is 17.1 Å². The highest BCUT2D eigenvalue weighted by Gasteiger charge is 2.18. The van der Waals surface area contributed by atoms with Gasteiger partial charge in [0.15, 0.2) is 11.0 Å². The molecule has 0 radical (unpaired) electrons. The molecule has 0 saturated carbocycles. The van der Waals surface area contributed by atoms with Crippen LogP contribution in [0.2, 0.25) is 0 Å². The molecule has 0 amide bonds. The van der Waals surface area contributed by atoms with Crippen LogP contribution in [0.1, 0.15) is 11.4 Å². The van der Waals surface area contributed by atoms with E-state index in [1.165, 1.54) is 17.8 Å². The highest BCUT2D eigenvalue weighted by molar-refractivity contribution is 7.99. The van der Waals surface area contributed by atoms with Gasteiger partial charge in [-0.3, -0.25) is 4.57 Å². The molecule has 0 bridgehead atoms. The summed E-state index contributed by atoms with van der Waals surface area (Å²) in [6.45, 7) is 0.508. The van der Waals surface area contributed by atoms with Crippen molar-refractivity contribution in [2.75, 3.05) is 19.5 Å². The molecule has 1 heterocycles. The van der Waals surface area contributed by atoms with Crippen LogP contribution in [-0.4, -0.2) is 34.2 Å². The van der Waals surface area contributed by atoms with Gasteiger partial charge >= 0.3 is 0 Å². The van der Waals surface area contributed by atoms with Gasteiger partial charge in [0.05, 0.1) is 31.0 Å². The molecule has 9 heteroatoms. The number of methoxy groups -OCH3 is 1. The maximum atomic E-state index is 14.6. The Morgan fingerprint density at radius 2 is 1.59 bits per heavy atom. The monoisotopic (exact) mass is 476 g/mol. The molecule has 0 aliphatic rings. The molecule has 0 N–H and O–H groups in total. The minimum Gasteiger partial charge on any atom is -0.497 e. The average molecular weight is 477 g/mol. The van der Waals surface area contributed by atoms with Gasteiger partial charge in [-0.1, -0.05) is 23.9 Å². The maximum Gasteiger partial charge on any atom is 0.196 e. The van der Waals surface area contributed by atoms with E-state index in [1.807, 2.05) is 0 Å². The van der Waals surface area contributed by atoms with E-state index < -0.39 is 0 Å². The second-order valence-corrected chi connectivity index (χ2v) is 8.05. The zero-order chi connectivity index (χ0) is 23.8. The number of thioether (sulfide) groups is 1. The lowest BCUT2D eigenvalue weighted by molar-refractivity contribution is 0.292. The number of hydrogen-bond donors (Lipinski definition) is 0. The second kappa shape index (κ2) is 11.2. The first-order valence-corrected chi connectivity index (χ1v) is 11.4. The first-order valence-electron chi connectivity index (χ1n) is 10.4. The van der Waals surface area contributed by atoms with Crippen LogP contribution in [0.5, 0.6) is 17.2 Å².